The Bertz CT molecular complexity index is 841. The standard InChI is InChI=1S/C51H96O2.H3N/c1-4-6-8-10-12-14-16-18-20-22-24-26-28-30-32-34-36-38-40-42-46-52-50-45-44-49(3)51(48-50)53-47-43-41-39-37-35-33-31-29-27-25-23-21-19-17-15-13-11-9-7-5-2;/h44-45,48H,4-43,46-47H2,1-3H3;1H3. The van der Waals surface area contributed by atoms with Crippen LogP contribution < -0.4 is 15.6 Å². The zero-order chi connectivity index (χ0) is 38.0. The molecule has 0 bridgehead atoms. The summed E-state index contributed by atoms with van der Waals surface area (Å²) < 4.78 is 12.3. The van der Waals surface area contributed by atoms with Crippen LogP contribution in [0.2, 0.25) is 0 Å². The summed E-state index contributed by atoms with van der Waals surface area (Å²) in [6.45, 7) is 8.40. The van der Waals surface area contributed by atoms with Gasteiger partial charge in [0, 0.05) is 6.07 Å². The topological polar surface area (TPSA) is 53.5 Å². The van der Waals surface area contributed by atoms with E-state index in [1.165, 1.54) is 250 Å². The second-order valence-corrected chi connectivity index (χ2v) is 17.1. The van der Waals surface area contributed by atoms with Crippen molar-refractivity contribution in [2.75, 3.05) is 13.2 Å². The first-order chi connectivity index (χ1) is 26.3. The van der Waals surface area contributed by atoms with Gasteiger partial charge in [0.25, 0.3) is 0 Å². The Morgan fingerprint density at radius 1 is 0.315 bits per heavy atom. The van der Waals surface area contributed by atoms with E-state index in [1.807, 2.05) is 0 Å². The van der Waals surface area contributed by atoms with Gasteiger partial charge in [0.05, 0.1) is 13.2 Å². The van der Waals surface area contributed by atoms with E-state index in [2.05, 4.69) is 39.0 Å². The second kappa shape index (κ2) is 44.5. The second-order valence-electron chi connectivity index (χ2n) is 17.1. The third-order valence-corrected chi connectivity index (χ3v) is 11.7. The molecular weight excluding hydrogens is 659 g/mol. The Labute approximate surface area is 340 Å². The Morgan fingerprint density at radius 2 is 0.556 bits per heavy atom. The monoisotopic (exact) mass is 758 g/mol. The highest BCUT2D eigenvalue weighted by molar-refractivity contribution is 5.39. The molecule has 3 N–H and O–H groups in total. The number of unbranched alkanes of at least 4 members (excludes halogenated alkanes) is 38. The first-order valence-electron chi connectivity index (χ1n) is 24.6. The van der Waals surface area contributed by atoms with E-state index >= 15 is 0 Å². The Morgan fingerprint density at radius 3 is 0.833 bits per heavy atom. The highest BCUT2D eigenvalue weighted by atomic mass is 16.5. The highest BCUT2D eigenvalue weighted by Crippen LogP contribution is 2.25. The largest absolute Gasteiger partial charge is 0.493 e. The van der Waals surface area contributed by atoms with Crippen molar-refractivity contribution in [3.63, 3.8) is 0 Å². The van der Waals surface area contributed by atoms with Gasteiger partial charge in [-0.3, -0.25) is 0 Å². The van der Waals surface area contributed by atoms with Gasteiger partial charge in [0.1, 0.15) is 11.5 Å². The molecule has 0 aliphatic heterocycles. The molecule has 0 amide bonds. The van der Waals surface area contributed by atoms with E-state index in [0.717, 1.165) is 37.6 Å². The quantitative estimate of drug-likeness (QED) is 0.0675. The van der Waals surface area contributed by atoms with Crippen molar-refractivity contribution in [1.29, 1.82) is 0 Å². The van der Waals surface area contributed by atoms with Gasteiger partial charge in [-0.05, 0) is 31.4 Å². The van der Waals surface area contributed by atoms with Crippen molar-refractivity contribution < 1.29 is 9.47 Å². The van der Waals surface area contributed by atoms with Crippen LogP contribution in [0.5, 0.6) is 11.5 Å². The van der Waals surface area contributed by atoms with Gasteiger partial charge < -0.3 is 15.6 Å². The zero-order valence-corrected chi connectivity index (χ0v) is 37.5. The molecule has 320 valence electrons. The smallest absolute Gasteiger partial charge is 0.125 e. The number of hydrogen-bond acceptors (Lipinski definition) is 3. The van der Waals surface area contributed by atoms with Crippen molar-refractivity contribution in [2.24, 2.45) is 0 Å². The normalized spacial score (nSPS) is 11.2. The highest BCUT2D eigenvalue weighted by Gasteiger charge is 2.04. The zero-order valence-electron chi connectivity index (χ0n) is 37.5. The lowest BCUT2D eigenvalue weighted by atomic mass is 10.0. The molecule has 0 radical (unpaired) electrons. The minimum Gasteiger partial charge on any atom is -0.493 e. The molecule has 0 fully saturated rings. The third kappa shape index (κ3) is 37.7. The van der Waals surface area contributed by atoms with Crippen molar-refractivity contribution >= 4 is 0 Å². The molecule has 0 aromatic heterocycles. The molecule has 0 saturated heterocycles. The fourth-order valence-corrected chi connectivity index (χ4v) is 7.91. The molecule has 1 aromatic rings. The van der Waals surface area contributed by atoms with Crippen molar-refractivity contribution in [3.05, 3.63) is 23.8 Å². The SMILES string of the molecule is CCCCCCCCCCCCCCCCCCCCCCOc1ccc(C)c(OCCCCCCCCCCCCCCCCCCCCCC)c1.N. The minimum atomic E-state index is 0. The minimum absolute atomic E-state index is 0. The summed E-state index contributed by atoms with van der Waals surface area (Å²) in [5.74, 6) is 1.97. The van der Waals surface area contributed by atoms with Crippen LogP contribution >= 0.6 is 0 Å². The van der Waals surface area contributed by atoms with Gasteiger partial charge in [-0.2, -0.15) is 0 Å². The first kappa shape index (κ1) is 52.8. The first-order valence-corrected chi connectivity index (χ1v) is 24.6. The molecule has 1 rings (SSSR count). The van der Waals surface area contributed by atoms with E-state index in [4.69, 9.17) is 9.47 Å². The van der Waals surface area contributed by atoms with Gasteiger partial charge in [-0.1, -0.05) is 264 Å². The van der Waals surface area contributed by atoms with Crippen LogP contribution in [0.3, 0.4) is 0 Å². The summed E-state index contributed by atoms with van der Waals surface area (Å²) in [7, 11) is 0. The van der Waals surface area contributed by atoms with Crippen molar-refractivity contribution in [1.82, 2.24) is 6.15 Å². The average molecular weight is 758 g/mol. The molecule has 0 heterocycles. The van der Waals surface area contributed by atoms with Crippen LogP contribution in [-0.4, -0.2) is 13.2 Å². The number of hydrogen-bond donors (Lipinski definition) is 1. The molecule has 3 heteroatoms. The lowest BCUT2D eigenvalue weighted by molar-refractivity contribution is 0.288. The van der Waals surface area contributed by atoms with Crippen molar-refractivity contribution in [3.8, 4) is 11.5 Å². The predicted molar refractivity (Wildman–Crippen MR) is 243 cm³/mol. The molecule has 0 unspecified atom stereocenters. The number of rotatable bonds is 44. The Hall–Kier alpha value is -1.22. The maximum Gasteiger partial charge on any atom is 0.125 e. The van der Waals surface area contributed by atoms with E-state index in [0.29, 0.717) is 0 Å². The van der Waals surface area contributed by atoms with Gasteiger partial charge in [-0.25, -0.2) is 0 Å². The molecule has 0 spiro atoms. The van der Waals surface area contributed by atoms with Crippen LogP contribution in [-0.2, 0) is 0 Å². The molecular formula is C51H99NO2. The summed E-state index contributed by atoms with van der Waals surface area (Å²) in [4.78, 5) is 0. The number of benzene rings is 1. The molecule has 0 atom stereocenters. The lowest BCUT2D eigenvalue weighted by Gasteiger charge is -2.12. The summed E-state index contributed by atoms with van der Waals surface area (Å²) in [5, 5.41) is 0. The van der Waals surface area contributed by atoms with Gasteiger partial charge in [-0.15, -0.1) is 0 Å². The average Bonchev–Trinajstić information content (AvgIpc) is 3.17. The Kier molecular flexibility index (Phi) is 43.5. The summed E-state index contributed by atoms with van der Waals surface area (Å²) in [6.07, 6.45) is 56.8. The summed E-state index contributed by atoms with van der Waals surface area (Å²) in [6, 6.07) is 6.37. The van der Waals surface area contributed by atoms with Crippen LogP contribution in [0.25, 0.3) is 0 Å². The van der Waals surface area contributed by atoms with E-state index in [9.17, 15) is 0 Å². The molecule has 1 aromatic carbocycles. The van der Waals surface area contributed by atoms with Crippen LogP contribution in [0.4, 0.5) is 0 Å². The maximum absolute atomic E-state index is 6.18. The van der Waals surface area contributed by atoms with E-state index in [-0.39, 0.29) is 6.15 Å². The fourth-order valence-electron chi connectivity index (χ4n) is 7.91. The summed E-state index contributed by atoms with van der Waals surface area (Å²) in [5.41, 5.74) is 1.21. The van der Waals surface area contributed by atoms with E-state index < -0.39 is 0 Å². The van der Waals surface area contributed by atoms with Crippen LogP contribution in [0.15, 0.2) is 18.2 Å². The molecule has 0 aliphatic rings. The Balaban J connectivity index is 0.0000281. The maximum atomic E-state index is 6.18. The third-order valence-electron chi connectivity index (χ3n) is 11.7. The summed E-state index contributed by atoms with van der Waals surface area (Å²) >= 11 is 0. The van der Waals surface area contributed by atoms with Crippen molar-refractivity contribution in [2.45, 2.75) is 278 Å². The van der Waals surface area contributed by atoms with E-state index in [1.54, 1.807) is 0 Å². The van der Waals surface area contributed by atoms with Crippen LogP contribution in [0.1, 0.15) is 276 Å². The molecule has 54 heavy (non-hydrogen) atoms. The van der Waals surface area contributed by atoms with Gasteiger partial charge in [0.15, 0.2) is 0 Å². The predicted octanol–water partition coefficient (Wildman–Crippen LogP) is 18.6. The number of ether oxygens (including phenoxy) is 2. The molecule has 0 saturated carbocycles. The fraction of sp³-hybridized carbons (Fsp3) is 0.882. The number of aryl methyl sites for hydroxylation is 1. The lowest BCUT2D eigenvalue weighted by Crippen LogP contribution is -2.01. The van der Waals surface area contributed by atoms with Gasteiger partial charge >= 0.3 is 0 Å². The molecule has 0 aliphatic carbocycles. The molecule has 3 nitrogen and oxygen atoms in total. The van der Waals surface area contributed by atoms with Crippen LogP contribution in [0, 0.1) is 6.92 Å². The van der Waals surface area contributed by atoms with Gasteiger partial charge in [0.2, 0.25) is 0 Å².